The van der Waals surface area contributed by atoms with Crippen LogP contribution in [0.1, 0.15) is 45.1 Å². The summed E-state index contributed by atoms with van der Waals surface area (Å²) in [5.74, 6) is 0. The van der Waals surface area contributed by atoms with Gasteiger partial charge in [-0.15, -0.1) is 5.11 Å². The van der Waals surface area contributed by atoms with E-state index in [4.69, 9.17) is 4.74 Å². The minimum Gasteiger partial charge on any atom is -0.383 e. The van der Waals surface area contributed by atoms with Gasteiger partial charge in [0.25, 0.3) is 5.69 Å². The summed E-state index contributed by atoms with van der Waals surface area (Å²) in [6.45, 7) is 6.32. The van der Waals surface area contributed by atoms with Crippen molar-refractivity contribution in [1.29, 1.82) is 0 Å². The molecular formula is C22H30N4O3. The van der Waals surface area contributed by atoms with Crippen LogP contribution in [0.5, 0.6) is 0 Å². The van der Waals surface area contributed by atoms with Gasteiger partial charge < -0.3 is 10.1 Å². The molecule has 156 valence electrons. The van der Waals surface area contributed by atoms with Gasteiger partial charge in [-0.05, 0) is 43.5 Å². The van der Waals surface area contributed by atoms with Crippen molar-refractivity contribution in [2.75, 3.05) is 25.1 Å². The Morgan fingerprint density at radius 2 is 1.79 bits per heavy atom. The zero-order valence-corrected chi connectivity index (χ0v) is 17.3. The van der Waals surface area contributed by atoms with Gasteiger partial charge in [0, 0.05) is 25.3 Å². The zero-order valence-electron chi connectivity index (χ0n) is 17.3. The van der Waals surface area contributed by atoms with Crippen LogP contribution in [0, 0.1) is 10.1 Å². The van der Waals surface area contributed by atoms with Gasteiger partial charge in [-0.1, -0.05) is 38.3 Å². The number of hydrogen-bond donors (Lipinski definition) is 1. The molecule has 1 N–H and O–H groups in total. The highest BCUT2D eigenvalue weighted by Crippen LogP contribution is 2.30. The molecule has 2 aromatic carbocycles. The van der Waals surface area contributed by atoms with E-state index in [1.165, 1.54) is 37.0 Å². The summed E-state index contributed by atoms with van der Waals surface area (Å²) in [4.78, 5) is 10.5. The highest BCUT2D eigenvalue weighted by atomic mass is 16.6. The van der Waals surface area contributed by atoms with Crippen molar-refractivity contribution in [2.45, 2.75) is 46.0 Å². The second kappa shape index (κ2) is 12.6. The van der Waals surface area contributed by atoms with E-state index >= 15 is 0 Å². The molecule has 0 fully saturated rings. The first-order valence-electron chi connectivity index (χ1n) is 10.2. The molecule has 7 nitrogen and oxygen atoms in total. The average Bonchev–Trinajstić information content (AvgIpc) is 2.73. The first-order chi connectivity index (χ1) is 14.1. The van der Waals surface area contributed by atoms with Crippen molar-refractivity contribution in [3.8, 4) is 0 Å². The van der Waals surface area contributed by atoms with Gasteiger partial charge in [0.1, 0.15) is 5.69 Å². The zero-order chi connectivity index (χ0) is 20.9. The Morgan fingerprint density at radius 3 is 2.48 bits per heavy atom. The summed E-state index contributed by atoms with van der Waals surface area (Å²) in [5, 5.41) is 22.5. The van der Waals surface area contributed by atoms with E-state index in [1.807, 2.05) is 31.2 Å². The molecule has 7 heteroatoms. The molecule has 0 radical (unpaired) electrons. The van der Waals surface area contributed by atoms with Crippen LogP contribution in [0.25, 0.3) is 0 Å². The van der Waals surface area contributed by atoms with Crippen LogP contribution in [-0.4, -0.2) is 24.7 Å². The number of nitro benzene ring substituents is 1. The van der Waals surface area contributed by atoms with E-state index in [-0.39, 0.29) is 5.69 Å². The number of azo groups is 1. The number of unbranched alkanes of at least 4 members (excludes halogenated alkanes) is 3. The van der Waals surface area contributed by atoms with Crippen molar-refractivity contribution >= 4 is 22.7 Å². The van der Waals surface area contributed by atoms with Crippen molar-refractivity contribution in [3.63, 3.8) is 0 Å². The summed E-state index contributed by atoms with van der Waals surface area (Å²) in [6, 6.07) is 12.4. The minimum atomic E-state index is -0.421. The molecule has 29 heavy (non-hydrogen) atoms. The van der Waals surface area contributed by atoms with Crippen molar-refractivity contribution < 1.29 is 9.66 Å². The third kappa shape index (κ3) is 7.99. The van der Waals surface area contributed by atoms with Crippen LogP contribution in [0.2, 0.25) is 0 Å². The Hall–Kier alpha value is -2.80. The fourth-order valence-electron chi connectivity index (χ4n) is 2.82. The molecule has 0 saturated carbocycles. The lowest BCUT2D eigenvalue weighted by molar-refractivity contribution is -0.384. The van der Waals surface area contributed by atoms with Crippen LogP contribution in [0.3, 0.4) is 0 Å². The van der Waals surface area contributed by atoms with Gasteiger partial charge in [-0.2, -0.15) is 5.11 Å². The van der Waals surface area contributed by atoms with E-state index in [0.717, 1.165) is 31.7 Å². The number of non-ortho nitro benzene ring substituents is 1. The third-order valence-electron chi connectivity index (χ3n) is 4.45. The Kier molecular flexibility index (Phi) is 9.78. The van der Waals surface area contributed by atoms with E-state index in [9.17, 15) is 10.1 Å². The predicted octanol–water partition coefficient (Wildman–Crippen LogP) is 6.58. The number of rotatable bonds is 13. The topological polar surface area (TPSA) is 89.1 Å². The Balaban J connectivity index is 1.89. The molecule has 0 amide bonds. The third-order valence-corrected chi connectivity index (χ3v) is 4.45. The number of anilines is 1. The smallest absolute Gasteiger partial charge is 0.271 e. The van der Waals surface area contributed by atoms with E-state index in [0.29, 0.717) is 17.9 Å². The number of ether oxygens (including phenoxy) is 1. The first-order valence-corrected chi connectivity index (χ1v) is 10.2. The molecule has 0 aliphatic carbocycles. The Bertz CT molecular complexity index is 791. The number of hydrogen-bond acceptors (Lipinski definition) is 6. The fraction of sp³-hybridized carbons (Fsp3) is 0.455. The van der Waals surface area contributed by atoms with Crippen molar-refractivity contribution in [2.24, 2.45) is 10.2 Å². The summed E-state index contributed by atoms with van der Waals surface area (Å²) in [6.07, 6.45) is 5.75. The van der Waals surface area contributed by atoms with Crippen molar-refractivity contribution in [3.05, 3.63) is 58.1 Å². The lowest BCUT2D eigenvalue weighted by atomic mass is 10.1. The lowest BCUT2D eigenvalue weighted by Gasteiger charge is -2.06. The largest absolute Gasteiger partial charge is 0.383 e. The van der Waals surface area contributed by atoms with E-state index in [1.54, 1.807) is 6.07 Å². The molecule has 0 bridgehead atoms. The maximum absolute atomic E-state index is 10.9. The average molecular weight is 399 g/mol. The van der Waals surface area contributed by atoms with Gasteiger partial charge in [-0.3, -0.25) is 10.1 Å². The molecule has 2 aromatic rings. The summed E-state index contributed by atoms with van der Waals surface area (Å²) >= 11 is 0. The van der Waals surface area contributed by atoms with Gasteiger partial charge >= 0.3 is 0 Å². The number of nitro groups is 1. The van der Waals surface area contributed by atoms with E-state index in [2.05, 4.69) is 22.5 Å². The molecule has 0 atom stereocenters. The molecule has 2 rings (SSSR count). The Morgan fingerprint density at radius 1 is 1.00 bits per heavy atom. The summed E-state index contributed by atoms with van der Waals surface area (Å²) in [7, 11) is 0. The molecule has 0 saturated heterocycles. The Labute approximate surface area is 172 Å². The van der Waals surface area contributed by atoms with E-state index < -0.39 is 4.92 Å². The second-order valence-corrected chi connectivity index (χ2v) is 6.78. The SMILES string of the molecule is CCCCCCOCCc1ccc(N=Nc2ccc([N+](=O)[O-])cc2NCC)cc1. The maximum atomic E-state index is 10.9. The molecule has 0 spiro atoms. The molecule has 0 unspecified atom stereocenters. The van der Waals surface area contributed by atoms with Gasteiger partial charge in [-0.25, -0.2) is 0 Å². The van der Waals surface area contributed by atoms with Gasteiger partial charge in [0.05, 0.1) is 22.9 Å². The number of nitrogens with one attached hydrogen (secondary N) is 1. The van der Waals surface area contributed by atoms with Crippen molar-refractivity contribution in [1.82, 2.24) is 0 Å². The highest BCUT2D eigenvalue weighted by molar-refractivity contribution is 5.68. The minimum absolute atomic E-state index is 0.0248. The normalized spacial score (nSPS) is 11.1. The molecule has 0 aromatic heterocycles. The predicted molar refractivity (Wildman–Crippen MR) is 117 cm³/mol. The molecule has 0 aliphatic heterocycles. The first kappa shape index (κ1) is 22.5. The quantitative estimate of drug-likeness (QED) is 0.178. The second-order valence-electron chi connectivity index (χ2n) is 6.78. The summed E-state index contributed by atoms with van der Waals surface area (Å²) < 4.78 is 5.69. The van der Waals surface area contributed by atoms with Gasteiger partial charge in [0.15, 0.2) is 0 Å². The van der Waals surface area contributed by atoms with Crippen LogP contribution < -0.4 is 5.32 Å². The number of benzene rings is 2. The number of nitrogens with zero attached hydrogens (tertiary/aromatic N) is 3. The van der Waals surface area contributed by atoms with Crippen LogP contribution in [0.4, 0.5) is 22.7 Å². The van der Waals surface area contributed by atoms with Crippen LogP contribution in [-0.2, 0) is 11.2 Å². The van der Waals surface area contributed by atoms with Crippen LogP contribution >= 0.6 is 0 Å². The standard InChI is InChI=1S/C22H30N4O3/c1-3-5-6-7-15-29-16-14-18-8-10-19(11-9-18)24-25-21-13-12-20(26(27)28)17-22(21)23-4-2/h8-13,17,23H,3-7,14-16H2,1-2H3. The molecule has 0 heterocycles. The van der Waals surface area contributed by atoms with Gasteiger partial charge in [0.2, 0.25) is 0 Å². The molecule has 0 aliphatic rings. The lowest BCUT2D eigenvalue weighted by Crippen LogP contribution is -2.00. The molecular weight excluding hydrogens is 368 g/mol. The van der Waals surface area contributed by atoms with Crippen LogP contribution in [0.15, 0.2) is 52.7 Å². The highest BCUT2D eigenvalue weighted by Gasteiger charge is 2.10. The maximum Gasteiger partial charge on any atom is 0.271 e. The monoisotopic (exact) mass is 398 g/mol. The fourth-order valence-corrected chi connectivity index (χ4v) is 2.82. The summed E-state index contributed by atoms with van der Waals surface area (Å²) in [5.41, 5.74) is 3.12.